The standard InChI is InChI=1S/C14H6ClF3N3O2/c15-10-4-5-19-7-11(10)22-9-3-1-2-8(6-9)12-20-13(23-21-12)14(16,17)18/h1-2,4-7H. The van der Waals surface area contributed by atoms with E-state index in [0.29, 0.717) is 5.02 Å². The number of nitrogens with zero attached hydrogens (tertiary/aromatic N) is 3. The van der Waals surface area contributed by atoms with Gasteiger partial charge in [-0.15, -0.1) is 0 Å². The van der Waals surface area contributed by atoms with E-state index >= 15 is 0 Å². The van der Waals surface area contributed by atoms with E-state index in [-0.39, 0.29) is 22.9 Å². The predicted molar refractivity (Wildman–Crippen MR) is 72.9 cm³/mol. The van der Waals surface area contributed by atoms with Crippen molar-refractivity contribution in [1.29, 1.82) is 0 Å². The van der Waals surface area contributed by atoms with E-state index in [2.05, 4.69) is 25.7 Å². The van der Waals surface area contributed by atoms with Gasteiger partial charge in [0.25, 0.3) is 0 Å². The summed E-state index contributed by atoms with van der Waals surface area (Å²) in [5.41, 5.74) is 0.276. The highest BCUT2D eigenvalue weighted by Crippen LogP contribution is 2.32. The second kappa shape index (κ2) is 5.88. The van der Waals surface area contributed by atoms with Gasteiger partial charge in [0.2, 0.25) is 5.82 Å². The van der Waals surface area contributed by atoms with E-state index in [4.69, 9.17) is 16.3 Å². The summed E-state index contributed by atoms with van der Waals surface area (Å²) in [6.07, 6.45) is -1.80. The van der Waals surface area contributed by atoms with Crippen molar-refractivity contribution in [2.24, 2.45) is 0 Å². The average molecular weight is 341 g/mol. The molecule has 0 bridgehead atoms. The summed E-state index contributed by atoms with van der Waals surface area (Å²) in [5, 5.41) is 3.64. The number of aromatic nitrogens is 3. The van der Waals surface area contributed by atoms with Gasteiger partial charge >= 0.3 is 12.1 Å². The topological polar surface area (TPSA) is 61.0 Å². The summed E-state index contributed by atoms with van der Waals surface area (Å²) in [6.45, 7) is 0. The number of benzene rings is 1. The Balaban J connectivity index is 1.88. The van der Waals surface area contributed by atoms with Crippen LogP contribution >= 0.6 is 11.6 Å². The molecule has 2 aromatic heterocycles. The van der Waals surface area contributed by atoms with Crippen LogP contribution in [-0.4, -0.2) is 15.1 Å². The Bertz CT molecular complexity index is 836. The first-order chi connectivity index (χ1) is 10.9. The van der Waals surface area contributed by atoms with Crippen LogP contribution in [0.25, 0.3) is 11.4 Å². The fourth-order valence-corrected chi connectivity index (χ4v) is 1.80. The van der Waals surface area contributed by atoms with Gasteiger partial charge in [0.15, 0.2) is 5.75 Å². The molecule has 2 heterocycles. The maximum atomic E-state index is 12.5. The van der Waals surface area contributed by atoms with Crippen LogP contribution in [0, 0.1) is 6.07 Å². The number of rotatable bonds is 3. The van der Waals surface area contributed by atoms with Crippen LogP contribution in [0.2, 0.25) is 5.02 Å². The van der Waals surface area contributed by atoms with Gasteiger partial charge in [-0.3, -0.25) is 4.98 Å². The minimum atomic E-state index is -4.70. The third kappa shape index (κ3) is 3.42. The molecule has 0 fully saturated rings. The third-order valence-electron chi connectivity index (χ3n) is 2.66. The Hall–Kier alpha value is -2.61. The van der Waals surface area contributed by atoms with Crippen LogP contribution in [-0.2, 0) is 6.18 Å². The second-order valence-corrected chi connectivity index (χ2v) is 4.68. The zero-order chi connectivity index (χ0) is 16.4. The first kappa shape index (κ1) is 15.3. The largest absolute Gasteiger partial charge is 0.471 e. The molecule has 23 heavy (non-hydrogen) atoms. The summed E-state index contributed by atoms with van der Waals surface area (Å²) in [5.74, 6) is -1.13. The summed E-state index contributed by atoms with van der Waals surface area (Å²) in [7, 11) is 0. The summed E-state index contributed by atoms with van der Waals surface area (Å²) in [6, 6.07) is 8.65. The lowest BCUT2D eigenvalue weighted by Crippen LogP contribution is -2.04. The van der Waals surface area contributed by atoms with E-state index in [0.717, 1.165) is 0 Å². The van der Waals surface area contributed by atoms with E-state index in [1.54, 1.807) is 0 Å². The van der Waals surface area contributed by atoms with Crippen LogP contribution in [0.15, 0.2) is 41.2 Å². The molecule has 0 saturated carbocycles. The molecule has 3 rings (SSSR count). The Labute approximate surface area is 132 Å². The van der Waals surface area contributed by atoms with E-state index in [1.165, 1.54) is 36.7 Å². The van der Waals surface area contributed by atoms with Gasteiger partial charge in [-0.2, -0.15) is 18.2 Å². The Morgan fingerprint density at radius 2 is 2.09 bits per heavy atom. The second-order valence-electron chi connectivity index (χ2n) is 4.27. The van der Waals surface area contributed by atoms with Crippen LogP contribution in [0.5, 0.6) is 11.5 Å². The van der Waals surface area contributed by atoms with Gasteiger partial charge in [0.05, 0.1) is 11.2 Å². The molecule has 0 saturated heterocycles. The summed E-state index contributed by atoms with van der Waals surface area (Å²) >= 11 is 5.94. The molecule has 0 aliphatic heterocycles. The normalized spacial score (nSPS) is 11.5. The number of ether oxygens (including phenoxy) is 1. The van der Waals surface area contributed by atoms with Gasteiger partial charge in [-0.25, -0.2) is 0 Å². The zero-order valence-electron chi connectivity index (χ0n) is 11.1. The van der Waals surface area contributed by atoms with Crippen LogP contribution < -0.4 is 4.74 Å². The highest BCUT2D eigenvalue weighted by molar-refractivity contribution is 6.32. The average Bonchev–Trinajstić information content (AvgIpc) is 3.00. The lowest BCUT2D eigenvalue weighted by molar-refractivity contribution is -0.159. The van der Waals surface area contributed by atoms with E-state index < -0.39 is 12.1 Å². The molecule has 0 spiro atoms. The molecular weight excluding hydrogens is 335 g/mol. The highest BCUT2D eigenvalue weighted by Gasteiger charge is 2.38. The van der Waals surface area contributed by atoms with Gasteiger partial charge in [-0.1, -0.05) is 22.8 Å². The minimum Gasteiger partial charge on any atom is -0.453 e. The van der Waals surface area contributed by atoms with Crippen LogP contribution in [0.4, 0.5) is 13.2 Å². The molecule has 0 aliphatic rings. The maximum Gasteiger partial charge on any atom is 0.471 e. The molecule has 3 aromatic rings. The molecule has 1 aromatic carbocycles. The first-order valence-electron chi connectivity index (χ1n) is 6.14. The van der Waals surface area contributed by atoms with Crippen molar-refractivity contribution < 1.29 is 22.4 Å². The molecule has 9 heteroatoms. The van der Waals surface area contributed by atoms with E-state index in [9.17, 15) is 13.2 Å². The SMILES string of the molecule is FC(F)(F)c1nc(-c2cc[c]c(Oc3cnccc3Cl)c2)no1. The van der Waals surface area contributed by atoms with Gasteiger partial charge in [-0.05, 0) is 18.2 Å². The zero-order valence-corrected chi connectivity index (χ0v) is 11.9. The Morgan fingerprint density at radius 1 is 1.26 bits per heavy atom. The predicted octanol–water partition coefficient (Wildman–Crippen LogP) is 4.40. The molecule has 5 nitrogen and oxygen atoms in total. The minimum absolute atomic E-state index is 0.214. The summed E-state index contributed by atoms with van der Waals surface area (Å²) < 4.78 is 47.1. The highest BCUT2D eigenvalue weighted by atomic mass is 35.5. The quantitative estimate of drug-likeness (QED) is 0.707. The number of hydrogen-bond donors (Lipinski definition) is 0. The molecule has 0 unspecified atom stereocenters. The van der Waals surface area contributed by atoms with Crippen molar-refractivity contribution in [2.45, 2.75) is 6.18 Å². The molecule has 0 atom stereocenters. The maximum absolute atomic E-state index is 12.5. The first-order valence-corrected chi connectivity index (χ1v) is 6.51. The third-order valence-corrected chi connectivity index (χ3v) is 2.97. The van der Waals surface area contributed by atoms with Crippen molar-refractivity contribution >= 4 is 11.6 Å². The molecule has 0 aliphatic carbocycles. The number of alkyl halides is 3. The van der Waals surface area contributed by atoms with Gasteiger partial charge < -0.3 is 9.26 Å². The molecule has 0 N–H and O–H groups in total. The number of hydrogen-bond acceptors (Lipinski definition) is 5. The summed E-state index contributed by atoms with van der Waals surface area (Å²) in [4.78, 5) is 7.17. The van der Waals surface area contributed by atoms with Gasteiger partial charge in [0, 0.05) is 17.8 Å². The molecule has 117 valence electrons. The van der Waals surface area contributed by atoms with Crippen molar-refractivity contribution in [1.82, 2.24) is 15.1 Å². The lowest BCUT2D eigenvalue weighted by Gasteiger charge is -2.06. The van der Waals surface area contributed by atoms with Crippen molar-refractivity contribution in [3.05, 3.63) is 53.6 Å². The van der Waals surface area contributed by atoms with Crippen molar-refractivity contribution in [3.8, 4) is 22.9 Å². The van der Waals surface area contributed by atoms with Crippen LogP contribution in [0.3, 0.4) is 0 Å². The van der Waals surface area contributed by atoms with Crippen molar-refractivity contribution in [2.75, 3.05) is 0 Å². The van der Waals surface area contributed by atoms with Crippen LogP contribution in [0.1, 0.15) is 5.89 Å². The van der Waals surface area contributed by atoms with Crippen molar-refractivity contribution in [3.63, 3.8) is 0 Å². The fraction of sp³-hybridized carbons (Fsp3) is 0.0714. The van der Waals surface area contributed by atoms with E-state index in [1.807, 2.05) is 0 Å². The Morgan fingerprint density at radius 3 is 2.78 bits per heavy atom. The molecular formula is C14H6ClF3N3O2. The lowest BCUT2D eigenvalue weighted by atomic mass is 10.2. The molecule has 0 amide bonds. The fourth-order valence-electron chi connectivity index (χ4n) is 1.66. The Kier molecular flexibility index (Phi) is 3.91. The van der Waals surface area contributed by atoms with Gasteiger partial charge in [0.1, 0.15) is 5.75 Å². The monoisotopic (exact) mass is 340 g/mol. The number of pyridine rings is 1. The smallest absolute Gasteiger partial charge is 0.453 e. The number of halogens is 4. The molecule has 1 radical (unpaired) electrons.